The zero-order valence-corrected chi connectivity index (χ0v) is 63.7. The van der Waals surface area contributed by atoms with Crippen LogP contribution in [0.5, 0.6) is 17.4 Å². The molecule has 0 saturated carbocycles. The summed E-state index contributed by atoms with van der Waals surface area (Å²) in [5.41, 5.74) is 40.3. The molecule has 4 aromatic heterocycles. The Morgan fingerprint density at radius 3 is 1.05 bits per heavy atom. The van der Waals surface area contributed by atoms with Crippen molar-refractivity contribution in [2.24, 2.45) is 0 Å². The Morgan fingerprint density at radius 2 is 0.710 bits per heavy atom. The number of nitrogens with one attached hydrogen (secondary N) is 3. The summed E-state index contributed by atoms with van der Waals surface area (Å²) >= 11 is 8.82. The van der Waals surface area contributed by atoms with E-state index in [1.165, 1.54) is 0 Å². The molecule has 27 heteroatoms. The molecule has 0 aliphatic rings. The van der Waals surface area contributed by atoms with E-state index < -0.39 is 0 Å². The van der Waals surface area contributed by atoms with E-state index in [-0.39, 0.29) is 23.4 Å². The van der Waals surface area contributed by atoms with Crippen LogP contribution in [0, 0.1) is 123 Å². The number of nitriles is 6. The number of hydrogen-bond donors (Lipinski definition) is 9. The Balaban J connectivity index is 0.000000614. The van der Waals surface area contributed by atoms with Crippen molar-refractivity contribution in [3.05, 3.63) is 221 Å². The molecule has 6 aromatic carbocycles. The van der Waals surface area contributed by atoms with Crippen molar-refractivity contribution in [3.8, 4) is 53.8 Å². The minimum absolute atomic E-state index is 0.213. The number of hydrogen-bond acceptors (Lipinski definition) is 24. The topological polar surface area (TPSA) is 442 Å². The lowest BCUT2D eigenvalue weighted by atomic mass is 10.1. The molecule has 10 rings (SSSR count). The van der Waals surface area contributed by atoms with Crippen molar-refractivity contribution < 1.29 is 9.84 Å². The molecule has 4 heterocycles. The number of ether oxygens (including phenoxy) is 1. The summed E-state index contributed by atoms with van der Waals surface area (Å²) in [6, 6.07) is 50.3. The smallest absolute Gasteiger partial charge is 0.240 e. The van der Waals surface area contributed by atoms with Crippen molar-refractivity contribution in [2.75, 3.05) is 49.5 Å². The minimum Gasteiger partial charge on any atom is -0.507 e. The zero-order chi connectivity index (χ0) is 75.6. The third-order valence-corrected chi connectivity index (χ3v) is 13.7. The highest BCUT2D eigenvalue weighted by atomic mass is 127. The van der Waals surface area contributed by atoms with Crippen LogP contribution >= 0.6 is 54.5 Å². The molecule has 0 radical (unpaired) electrons. The maximum Gasteiger partial charge on any atom is 0.240 e. The molecular formula is C73H81Br2IN22O2. The molecule has 0 spiro atoms. The number of nitrogen functional groups attached to an aromatic ring is 5. The first-order valence-electron chi connectivity index (χ1n) is 30.5. The highest BCUT2D eigenvalue weighted by Crippen LogP contribution is 2.36. The third-order valence-electron chi connectivity index (χ3n) is 12.0. The molecule has 10 aromatic rings. The van der Waals surface area contributed by atoms with Gasteiger partial charge < -0.3 is 54.5 Å². The van der Waals surface area contributed by atoms with E-state index >= 15 is 0 Å². The molecule has 0 aliphatic carbocycles. The van der Waals surface area contributed by atoms with Gasteiger partial charge in [-0.25, -0.2) is 19.9 Å². The maximum atomic E-state index is 9.32. The number of nitrogens with zero attached hydrogens (tertiary/aromatic N) is 14. The van der Waals surface area contributed by atoms with Crippen molar-refractivity contribution in [1.82, 2.24) is 39.9 Å². The predicted octanol–water partition coefficient (Wildman–Crippen LogP) is 17.3. The lowest BCUT2D eigenvalue weighted by Gasteiger charge is -2.14. The molecule has 24 nitrogen and oxygen atoms in total. The Bertz CT molecular complexity index is 4360. The SMILES string of the molecule is CC.CC.CC.CI.Cc1cc(C#N)cc(C)c1O.Cc1cc(C#N)cc(C)c1Oc1nc(Nc2ccc(C#N)cc2)nc(N)c1Br.Cc1cc(N)nc(C)n1.Cc1cc(N)nc(Nc2ccc(C#N)cc2)n1.Cc1nc(Nc2ccc(C#N)cc2)nc(N)c1Br.N#Cc1ccc(N)cc1. The molecule has 0 amide bonds. The highest BCUT2D eigenvalue weighted by Gasteiger charge is 2.16. The number of benzene rings is 6. The van der Waals surface area contributed by atoms with E-state index in [1.54, 1.807) is 147 Å². The minimum atomic E-state index is 0.213. The first kappa shape index (κ1) is 86.3. The van der Waals surface area contributed by atoms with Gasteiger partial charge >= 0.3 is 0 Å². The maximum absolute atomic E-state index is 9.32. The van der Waals surface area contributed by atoms with E-state index in [0.29, 0.717) is 88.8 Å². The summed E-state index contributed by atoms with van der Waals surface area (Å²) in [6.45, 7) is 26.7. The van der Waals surface area contributed by atoms with Crippen LogP contribution in [0.1, 0.15) is 120 Å². The average Bonchev–Trinajstić information content (AvgIpc) is 0.812. The normalized spacial score (nSPS) is 9.08. The molecular weight excluding hydrogens is 1500 g/mol. The standard InChI is InChI=1S/C20H15BrN6O.C12H10BrN5.C12H11N5.C9H9NO.C7H6N2.C6H9N3.3C2H6.CH3I/c1-11-7-14(10-23)8-12(2)17(11)28-19-16(21)18(24)26-20(27-19)25-15-5-3-13(9-22)4-6-15;1-7-10(13)11(15)18-12(16-7)17-9-4-2-8(6-14)3-5-9;1-8-6-11(14)17-12(15-8)16-10-4-2-9(7-13)3-5-10;1-6-3-8(5-10)4-7(2)9(6)11;8-5-6-1-3-7(9)4-2-6;1-4-3-6(7)9-5(2)8-4;4*1-2/h3-8H,1-2H3,(H3,24,25,26,27);2-5H,1H3,(H3,15,16,17,18);2-6H,1H3,(H3,14,15,16,17);3-4,11H,1-2H3;1-4H,9H2;3H,1-2H3,(H2,7,8,9);3*1-2H3;1H3. The average molecular weight is 1590 g/mol. The Kier molecular flexibility index (Phi) is 40.1. The van der Waals surface area contributed by atoms with E-state index in [9.17, 15) is 5.11 Å². The van der Waals surface area contributed by atoms with Crippen molar-refractivity contribution >= 4 is 118 Å². The molecule has 0 bridgehead atoms. The number of anilines is 11. The second-order valence-corrected chi connectivity index (χ2v) is 21.1. The van der Waals surface area contributed by atoms with Gasteiger partial charge in [0.2, 0.25) is 23.7 Å². The number of rotatable bonds is 8. The van der Waals surface area contributed by atoms with E-state index in [0.717, 1.165) is 56.5 Å². The number of phenolic OH excluding ortho intramolecular Hbond substituents is 1. The summed E-state index contributed by atoms with van der Waals surface area (Å²) in [6.07, 6.45) is 0. The van der Waals surface area contributed by atoms with Gasteiger partial charge in [0.15, 0.2) is 0 Å². The fourth-order valence-corrected chi connectivity index (χ4v) is 8.16. The van der Waals surface area contributed by atoms with Gasteiger partial charge in [0.05, 0.1) is 80.0 Å². The lowest BCUT2D eigenvalue weighted by molar-refractivity contribution is 0.453. The van der Waals surface area contributed by atoms with Crippen LogP contribution in [0.3, 0.4) is 0 Å². The lowest BCUT2D eigenvalue weighted by Crippen LogP contribution is -2.04. The van der Waals surface area contributed by atoms with E-state index in [1.807, 2.05) is 100 Å². The second kappa shape index (κ2) is 46.4. The van der Waals surface area contributed by atoms with Crippen LogP contribution in [0.25, 0.3) is 0 Å². The Morgan fingerprint density at radius 1 is 0.390 bits per heavy atom. The first-order chi connectivity index (χ1) is 47.8. The Labute approximate surface area is 616 Å². The van der Waals surface area contributed by atoms with Crippen molar-refractivity contribution in [3.63, 3.8) is 0 Å². The molecule has 516 valence electrons. The van der Waals surface area contributed by atoms with Gasteiger partial charge in [0.25, 0.3) is 0 Å². The van der Waals surface area contributed by atoms with Gasteiger partial charge in [-0.15, -0.1) is 0 Å². The summed E-state index contributed by atoms with van der Waals surface area (Å²) in [5, 5.41) is 70.7. The van der Waals surface area contributed by atoms with Gasteiger partial charge in [-0.2, -0.15) is 51.5 Å². The molecule has 0 atom stereocenters. The highest BCUT2D eigenvalue weighted by molar-refractivity contribution is 14.1. The number of phenols is 1. The van der Waals surface area contributed by atoms with Crippen LogP contribution in [-0.2, 0) is 0 Å². The summed E-state index contributed by atoms with van der Waals surface area (Å²) in [5.74, 6) is 4.56. The fourth-order valence-electron chi connectivity index (χ4n) is 7.72. The Hall–Kier alpha value is -11.7. The van der Waals surface area contributed by atoms with Gasteiger partial charge in [0.1, 0.15) is 45.1 Å². The summed E-state index contributed by atoms with van der Waals surface area (Å²) < 4.78 is 7.13. The third kappa shape index (κ3) is 30.1. The summed E-state index contributed by atoms with van der Waals surface area (Å²) in [7, 11) is 0. The van der Waals surface area contributed by atoms with Crippen LogP contribution in [0.2, 0.25) is 0 Å². The second-order valence-electron chi connectivity index (χ2n) is 19.5. The molecule has 0 fully saturated rings. The van der Waals surface area contributed by atoms with Crippen LogP contribution in [0.4, 0.5) is 63.9 Å². The molecule has 100 heavy (non-hydrogen) atoms. The largest absolute Gasteiger partial charge is 0.507 e. The number of aromatic hydroxyl groups is 1. The van der Waals surface area contributed by atoms with E-state index in [4.69, 9.17) is 65.0 Å². The molecule has 14 N–H and O–H groups in total. The van der Waals surface area contributed by atoms with Gasteiger partial charge in [0, 0.05) is 46.3 Å². The van der Waals surface area contributed by atoms with Crippen LogP contribution < -0.4 is 49.4 Å². The molecule has 0 aliphatic heterocycles. The number of aryl methyl sites for hydroxylation is 8. The monoisotopic (exact) mass is 1580 g/mol. The van der Waals surface area contributed by atoms with Gasteiger partial charge in [-0.05, 0) is 236 Å². The van der Waals surface area contributed by atoms with Gasteiger partial charge in [-0.1, -0.05) is 64.1 Å². The number of aromatic nitrogens is 8. The van der Waals surface area contributed by atoms with Crippen molar-refractivity contribution in [2.45, 2.75) is 96.9 Å². The number of nitrogens with two attached hydrogens (primary N) is 5. The zero-order valence-electron chi connectivity index (χ0n) is 58.3. The predicted molar refractivity (Wildman–Crippen MR) is 416 cm³/mol. The number of alkyl halides is 1. The number of halogens is 3. The van der Waals surface area contributed by atoms with Crippen LogP contribution in [-0.4, -0.2) is 49.9 Å². The summed E-state index contributed by atoms with van der Waals surface area (Å²) in [4.78, 5) is 35.1. The van der Waals surface area contributed by atoms with Crippen LogP contribution in [0.15, 0.2) is 142 Å². The first-order valence-corrected chi connectivity index (χ1v) is 34.2. The quantitative estimate of drug-likeness (QED) is 0.0387. The van der Waals surface area contributed by atoms with Gasteiger partial charge in [-0.3, -0.25) is 0 Å². The van der Waals surface area contributed by atoms with E-state index in [2.05, 4.69) is 135 Å². The molecule has 0 unspecified atom stereocenters. The van der Waals surface area contributed by atoms with Crippen molar-refractivity contribution in [1.29, 1.82) is 31.6 Å². The molecule has 0 saturated heterocycles. The fraction of sp³-hybridized carbons (Fsp3) is 0.205.